The van der Waals surface area contributed by atoms with Crippen molar-refractivity contribution in [3.05, 3.63) is 81.2 Å². The van der Waals surface area contributed by atoms with E-state index in [0.29, 0.717) is 15.6 Å². The maximum absolute atomic E-state index is 12.6. The fraction of sp³-hybridized carbons (Fsp3) is 0.300. The van der Waals surface area contributed by atoms with Crippen LogP contribution in [-0.4, -0.2) is 40.3 Å². The van der Waals surface area contributed by atoms with Gasteiger partial charge in [-0.25, -0.2) is 0 Å². The lowest BCUT2D eigenvalue weighted by atomic mass is 9.99. The molecule has 0 aliphatic carbocycles. The number of pyridine rings is 2. The van der Waals surface area contributed by atoms with E-state index in [9.17, 15) is 4.79 Å². The van der Waals surface area contributed by atoms with E-state index in [1.165, 1.54) is 31.5 Å². The Hall–Kier alpha value is -2.99. The topological polar surface area (TPSA) is 58.1 Å². The average molecular weight is 534 g/mol. The third kappa shape index (κ3) is 5.49. The average Bonchev–Trinajstić information content (AvgIpc) is 3.41. The Morgan fingerprint density at radius 3 is 2.41 bits per heavy atom. The molecule has 0 radical (unpaired) electrons. The van der Waals surface area contributed by atoms with Crippen LogP contribution >= 0.6 is 23.2 Å². The Balaban J connectivity index is 1.56. The molecule has 37 heavy (non-hydrogen) atoms. The number of fused-ring (bicyclic) bond motifs is 1. The minimum atomic E-state index is -0.0560. The van der Waals surface area contributed by atoms with Crippen LogP contribution in [0.1, 0.15) is 46.9 Å². The summed E-state index contributed by atoms with van der Waals surface area (Å²) >= 11 is 12.9. The number of ketones is 1. The van der Waals surface area contributed by atoms with E-state index >= 15 is 0 Å². The van der Waals surface area contributed by atoms with Crippen LogP contribution in [0.2, 0.25) is 10.0 Å². The summed E-state index contributed by atoms with van der Waals surface area (Å²) in [4.78, 5) is 24.4. The number of rotatable bonds is 7. The third-order valence-corrected chi connectivity index (χ3v) is 7.97. The normalized spacial score (nSPS) is 13.9. The highest BCUT2D eigenvalue weighted by Gasteiger charge is 2.17. The maximum atomic E-state index is 12.6. The first kappa shape index (κ1) is 25.7. The molecular weight excluding hydrogens is 503 g/mol. The molecule has 1 N–H and O–H groups in total. The summed E-state index contributed by atoms with van der Waals surface area (Å²) < 4.78 is 0. The van der Waals surface area contributed by atoms with Crippen LogP contribution in [0.4, 0.5) is 11.4 Å². The van der Waals surface area contributed by atoms with Crippen molar-refractivity contribution < 1.29 is 4.79 Å². The first-order chi connectivity index (χ1) is 17.8. The van der Waals surface area contributed by atoms with Gasteiger partial charge >= 0.3 is 0 Å². The summed E-state index contributed by atoms with van der Waals surface area (Å²) in [5.41, 5.74) is 7.68. The molecule has 1 aliphatic heterocycles. The maximum Gasteiger partial charge on any atom is 0.163 e. The number of carbonyl (C=O) groups excluding carboxylic acids is 1. The van der Waals surface area contributed by atoms with E-state index in [2.05, 4.69) is 26.3 Å². The number of hydrogen-bond acceptors (Lipinski definition) is 5. The molecule has 1 aliphatic rings. The predicted octanol–water partition coefficient (Wildman–Crippen LogP) is 7.80. The van der Waals surface area contributed by atoms with Gasteiger partial charge in [0.15, 0.2) is 5.78 Å². The number of aryl methyl sites for hydroxylation is 1. The summed E-state index contributed by atoms with van der Waals surface area (Å²) in [6.07, 6.45) is 7.11. The van der Waals surface area contributed by atoms with Crippen molar-refractivity contribution in [1.82, 2.24) is 14.9 Å². The number of nitrogens with one attached hydrogen (secondary N) is 1. The lowest BCUT2D eigenvalue weighted by Crippen LogP contribution is -2.22. The molecular formula is C30H30Cl2N4O. The minimum absolute atomic E-state index is 0.0560. The lowest BCUT2D eigenvalue weighted by molar-refractivity contribution is 0.101. The quantitative estimate of drug-likeness (QED) is 0.246. The number of halogens is 2. The number of anilines is 2. The van der Waals surface area contributed by atoms with E-state index in [1.807, 2.05) is 50.4 Å². The highest BCUT2D eigenvalue weighted by Crippen LogP contribution is 2.36. The second kappa shape index (κ2) is 10.8. The van der Waals surface area contributed by atoms with Crippen molar-refractivity contribution in [2.24, 2.45) is 0 Å². The summed E-state index contributed by atoms with van der Waals surface area (Å²) in [6.45, 7) is 8.83. The predicted molar refractivity (Wildman–Crippen MR) is 154 cm³/mol. The number of hydrogen-bond donors (Lipinski definition) is 1. The van der Waals surface area contributed by atoms with E-state index in [1.54, 1.807) is 13.1 Å². The Kier molecular flexibility index (Phi) is 7.47. The molecule has 0 spiro atoms. The van der Waals surface area contributed by atoms with Crippen LogP contribution < -0.4 is 5.32 Å². The SMILES string of the molecule is CC(=O)c1cnc2ccc(-c3cc(Cl)c(C)c(Cl)c3)cc2c1Nc1cc(CCN2CCCC2)cnc1C. The summed E-state index contributed by atoms with van der Waals surface area (Å²) in [5.74, 6) is -0.0560. The zero-order valence-electron chi connectivity index (χ0n) is 21.4. The second-order valence-electron chi connectivity index (χ2n) is 9.80. The van der Waals surface area contributed by atoms with Crippen LogP contribution in [0.5, 0.6) is 0 Å². The molecule has 7 heteroatoms. The Labute approximate surface area is 227 Å². The molecule has 5 rings (SSSR count). The molecule has 0 bridgehead atoms. The Morgan fingerprint density at radius 1 is 0.973 bits per heavy atom. The molecule has 2 aromatic carbocycles. The van der Waals surface area contributed by atoms with Crippen LogP contribution in [0.15, 0.2) is 48.8 Å². The van der Waals surface area contributed by atoms with Crippen LogP contribution in [0.25, 0.3) is 22.0 Å². The van der Waals surface area contributed by atoms with Crippen molar-refractivity contribution in [3.8, 4) is 11.1 Å². The van der Waals surface area contributed by atoms with Gasteiger partial charge in [-0.2, -0.15) is 0 Å². The largest absolute Gasteiger partial charge is 0.353 e. The van der Waals surface area contributed by atoms with E-state index in [0.717, 1.165) is 57.6 Å². The fourth-order valence-corrected chi connectivity index (χ4v) is 5.34. The highest BCUT2D eigenvalue weighted by atomic mass is 35.5. The molecule has 4 aromatic rings. The number of aromatic nitrogens is 2. The first-order valence-corrected chi connectivity index (χ1v) is 13.4. The fourth-order valence-electron chi connectivity index (χ4n) is 4.85. The monoisotopic (exact) mass is 532 g/mol. The number of likely N-dealkylation sites (tertiary alicyclic amines) is 1. The summed E-state index contributed by atoms with van der Waals surface area (Å²) in [7, 11) is 0. The zero-order valence-corrected chi connectivity index (χ0v) is 22.9. The van der Waals surface area contributed by atoms with Crippen LogP contribution in [0, 0.1) is 13.8 Å². The Morgan fingerprint density at radius 2 is 1.70 bits per heavy atom. The number of benzene rings is 2. The van der Waals surface area contributed by atoms with E-state index < -0.39 is 0 Å². The molecule has 0 atom stereocenters. The van der Waals surface area contributed by atoms with Gasteiger partial charge in [-0.15, -0.1) is 0 Å². The van der Waals surface area contributed by atoms with Crippen molar-refractivity contribution in [3.63, 3.8) is 0 Å². The van der Waals surface area contributed by atoms with Gasteiger partial charge in [0.2, 0.25) is 0 Å². The number of Topliss-reactive ketones (excluding diaryl/α,β-unsaturated/α-hetero) is 1. The van der Waals surface area contributed by atoms with Gasteiger partial charge in [0.1, 0.15) is 0 Å². The van der Waals surface area contributed by atoms with Gasteiger partial charge in [0, 0.05) is 34.4 Å². The summed E-state index contributed by atoms with van der Waals surface area (Å²) in [5, 5.41) is 5.63. The van der Waals surface area contributed by atoms with Crippen molar-refractivity contribution in [2.75, 3.05) is 25.0 Å². The van der Waals surface area contributed by atoms with Gasteiger partial charge in [-0.1, -0.05) is 29.3 Å². The number of carbonyl (C=O) groups is 1. The molecule has 0 unspecified atom stereocenters. The molecule has 2 aromatic heterocycles. The van der Waals surface area contributed by atoms with Gasteiger partial charge in [0.05, 0.1) is 28.1 Å². The lowest BCUT2D eigenvalue weighted by Gasteiger charge is -2.18. The summed E-state index contributed by atoms with van der Waals surface area (Å²) in [6, 6.07) is 12.0. The van der Waals surface area contributed by atoms with Crippen molar-refractivity contribution >= 4 is 51.3 Å². The van der Waals surface area contributed by atoms with Gasteiger partial charge in [0.25, 0.3) is 0 Å². The van der Waals surface area contributed by atoms with Crippen molar-refractivity contribution in [2.45, 2.75) is 40.0 Å². The molecule has 3 heterocycles. The van der Waals surface area contributed by atoms with Gasteiger partial charge in [-0.3, -0.25) is 14.8 Å². The standard InChI is InChI=1S/C30H30Cl2N4O/c1-18-26(31)14-23(15-27(18)32)22-6-7-28-24(13-22)30(25(17-34-28)20(3)37)35-29-12-21(16-33-19(29)2)8-11-36-9-4-5-10-36/h6-7,12-17H,4-5,8-11H2,1-3H3,(H,34,35). The molecule has 1 saturated heterocycles. The first-order valence-electron chi connectivity index (χ1n) is 12.6. The smallest absolute Gasteiger partial charge is 0.163 e. The minimum Gasteiger partial charge on any atom is -0.353 e. The highest BCUT2D eigenvalue weighted by molar-refractivity contribution is 6.36. The van der Waals surface area contributed by atoms with E-state index in [-0.39, 0.29) is 5.78 Å². The van der Waals surface area contributed by atoms with E-state index in [4.69, 9.17) is 23.2 Å². The number of nitrogens with zero attached hydrogens (tertiary/aromatic N) is 3. The van der Waals surface area contributed by atoms with Crippen molar-refractivity contribution in [1.29, 1.82) is 0 Å². The zero-order chi connectivity index (χ0) is 26.1. The Bertz CT molecular complexity index is 1470. The molecule has 190 valence electrons. The molecule has 0 amide bonds. The molecule has 1 fully saturated rings. The molecule has 5 nitrogen and oxygen atoms in total. The van der Waals surface area contributed by atoms with Crippen LogP contribution in [-0.2, 0) is 6.42 Å². The third-order valence-electron chi connectivity index (χ3n) is 7.18. The second-order valence-corrected chi connectivity index (χ2v) is 10.6. The van der Waals surface area contributed by atoms with Crippen LogP contribution in [0.3, 0.4) is 0 Å². The van der Waals surface area contributed by atoms with Gasteiger partial charge in [-0.05, 0) is 106 Å². The molecule has 0 saturated carbocycles. The van der Waals surface area contributed by atoms with Gasteiger partial charge < -0.3 is 10.2 Å².